The molecule has 0 radical (unpaired) electrons. The van der Waals surface area contributed by atoms with E-state index in [-0.39, 0.29) is 5.69 Å². The molecule has 4 aromatic rings. The predicted octanol–water partition coefficient (Wildman–Crippen LogP) is 4.96. The number of benzene rings is 1. The van der Waals surface area contributed by atoms with Gasteiger partial charge >= 0.3 is 6.18 Å². The standard InChI is InChI=1S/C26H19F3N8O2/c1-14-2-3-17(34-24(38)21-9-16(4-5-30-21)26(27,28)29)10-19(14)20-8-15-11-32-25(35-18-12-33-39-13-18)36-22(15)37-7-6-31-23(20)37/h2-5,8-13H,6-7H2,1H3,(H,34,38)(H,32,35,36). The fraction of sp³-hybridized carbons (Fsp3) is 0.154. The van der Waals surface area contributed by atoms with Crippen LogP contribution in [0.1, 0.15) is 32.7 Å². The number of carbonyl (C=O) groups is 1. The van der Waals surface area contributed by atoms with Crippen LogP contribution in [0.25, 0.3) is 11.6 Å². The van der Waals surface area contributed by atoms with Crippen molar-refractivity contribution in [3.63, 3.8) is 0 Å². The summed E-state index contributed by atoms with van der Waals surface area (Å²) in [7, 11) is 0. The van der Waals surface area contributed by atoms with Gasteiger partial charge in [0.2, 0.25) is 5.95 Å². The van der Waals surface area contributed by atoms with E-state index < -0.39 is 17.6 Å². The number of amidine groups is 1. The quantitative estimate of drug-likeness (QED) is 0.370. The van der Waals surface area contributed by atoms with Crippen LogP contribution in [0.5, 0.6) is 0 Å². The summed E-state index contributed by atoms with van der Waals surface area (Å²) in [6, 6.07) is 6.81. The molecule has 0 unspecified atom stereocenters. The van der Waals surface area contributed by atoms with Crippen molar-refractivity contribution in [2.45, 2.75) is 13.1 Å². The largest absolute Gasteiger partial charge is 0.416 e. The highest BCUT2D eigenvalue weighted by Crippen LogP contribution is 2.37. The van der Waals surface area contributed by atoms with Gasteiger partial charge in [0, 0.05) is 35.8 Å². The van der Waals surface area contributed by atoms with Crippen LogP contribution in [0.4, 0.5) is 36.3 Å². The molecular formula is C26H19F3N8O2. The zero-order valence-electron chi connectivity index (χ0n) is 20.3. The summed E-state index contributed by atoms with van der Waals surface area (Å²) in [4.78, 5) is 32.3. The lowest BCUT2D eigenvalue weighted by Crippen LogP contribution is -2.32. The second kappa shape index (κ2) is 9.35. The number of halogens is 3. The molecule has 1 aromatic carbocycles. The number of aromatic nitrogens is 4. The van der Waals surface area contributed by atoms with Crippen LogP contribution < -0.4 is 15.5 Å². The molecule has 0 atom stereocenters. The number of alkyl halides is 3. The Morgan fingerprint density at radius 3 is 2.77 bits per heavy atom. The Balaban J connectivity index is 1.31. The molecule has 39 heavy (non-hydrogen) atoms. The van der Waals surface area contributed by atoms with Gasteiger partial charge in [0.25, 0.3) is 5.91 Å². The minimum Gasteiger partial charge on any atom is -0.363 e. The molecular weight excluding hydrogens is 513 g/mol. The number of aliphatic imine (C=N–C) groups is 1. The van der Waals surface area contributed by atoms with E-state index in [9.17, 15) is 18.0 Å². The summed E-state index contributed by atoms with van der Waals surface area (Å²) in [6.07, 6.45) is 2.98. The Labute approximate surface area is 219 Å². The van der Waals surface area contributed by atoms with E-state index in [4.69, 9.17) is 9.52 Å². The molecule has 2 N–H and O–H groups in total. The first kappa shape index (κ1) is 24.3. The van der Waals surface area contributed by atoms with E-state index in [0.717, 1.165) is 46.4 Å². The number of rotatable bonds is 5. The van der Waals surface area contributed by atoms with E-state index in [1.54, 1.807) is 18.3 Å². The Bertz CT molecular complexity index is 1650. The number of aryl methyl sites for hydroxylation is 1. The molecule has 0 saturated carbocycles. The summed E-state index contributed by atoms with van der Waals surface area (Å²) >= 11 is 0. The van der Waals surface area contributed by atoms with E-state index in [0.29, 0.717) is 36.2 Å². The second-order valence-corrected chi connectivity index (χ2v) is 8.84. The number of nitrogens with one attached hydrogen (secondary N) is 2. The zero-order valence-corrected chi connectivity index (χ0v) is 20.3. The van der Waals surface area contributed by atoms with Gasteiger partial charge < -0.3 is 20.1 Å². The number of fused-ring (bicyclic) bond motifs is 3. The third-order valence-electron chi connectivity index (χ3n) is 6.23. The first-order chi connectivity index (χ1) is 18.8. The average Bonchev–Trinajstić information content (AvgIpc) is 3.62. The van der Waals surface area contributed by atoms with E-state index in [2.05, 4.69) is 30.7 Å². The highest BCUT2D eigenvalue weighted by atomic mass is 19.4. The van der Waals surface area contributed by atoms with E-state index in [1.807, 2.05) is 24.0 Å². The van der Waals surface area contributed by atoms with Gasteiger partial charge in [0.1, 0.15) is 29.3 Å². The van der Waals surface area contributed by atoms with Gasteiger partial charge in [-0.2, -0.15) is 18.2 Å². The van der Waals surface area contributed by atoms with Gasteiger partial charge in [-0.05, 0) is 48.4 Å². The van der Waals surface area contributed by atoms with E-state index >= 15 is 0 Å². The van der Waals surface area contributed by atoms with Crippen molar-refractivity contribution >= 4 is 46.5 Å². The van der Waals surface area contributed by atoms with Gasteiger partial charge in [-0.15, -0.1) is 0 Å². The number of anilines is 4. The highest BCUT2D eigenvalue weighted by molar-refractivity contribution is 6.36. The third-order valence-corrected chi connectivity index (χ3v) is 6.23. The molecule has 10 nitrogen and oxygen atoms in total. The highest BCUT2D eigenvalue weighted by Gasteiger charge is 2.32. The van der Waals surface area contributed by atoms with E-state index in [1.165, 1.54) is 12.5 Å². The molecule has 0 spiro atoms. The summed E-state index contributed by atoms with van der Waals surface area (Å²) < 4.78 is 44.1. The Morgan fingerprint density at radius 2 is 1.97 bits per heavy atom. The second-order valence-electron chi connectivity index (χ2n) is 8.84. The van der Waals surface area contributed by atoms with Crippen molar-refractivity contribution in [3.05, 3.63) is 83.1 Å². The monoisotopic (exact) mass is 532 g/mol. The van der Waals surface area contributed by atoms with Crippen molar-refractivity contribution in [2.75, 3.05) is 28.6 Å². The molecule has 6 rings (SSSR count). The number of carbonyl (C=O) groups excluding carboxylic acids is 1. The van der Waals surface area contributed by atoms with Crippen LogP contribution in [0.3, 0.4) is 0 Å². The molecule has 1 amide bonds. The van der Waals surface area contributed by atoms with Crippen LogP contribution in [-0.2, 0) is 6.18 Å². The van der Waals surface area contributed by atoms with Crippen molar-refractivity contribution in [2.24, 2.45) is 4.99 Å². The normalized spacial score (nSPS) is 14.3. The molecule has 3 aromatic heterocycles. The van der Waals surface area contributed by atoms with Gasteiger partial charge in [-0.25, -0.2) is 4.98 Å². The predicted molar refractivity (Wildman–Crippen MR) is 138 cm³/mol. The molecule has 0 bridgehead atoms. The number of hydrogen-bond donors (Lipinski definition) is 2. The van der Waals surface area contributed by atoms with Crippen LogP contribution in [-0.4, -0.2) is 44.9 Å². The van der Waals surface area contributed by atoms with Crippen LogP contribution in [0, 0.1) is 6.92 Å². The number of hydrogen-bond acceptors (Lipinski definition) is 9. The lowest BCUT2D eigenvalue weighted by atomic mass is 9.94. The van der Waals surface area contributed by atoms with Crippen LogP contribution >= 0.6 is 0 Å². The molecule has 2 aliphatic heterocycles. The summed E-state index contributed by atoms with van der Waals surface area (Å²) in [6.45, 7) is 3.12. The number of amides is 1. The van der Waals surface area contributed by atoms with Crippen molar-refractivity contribution in [1.29, 1.82) is 0 Å². The first-order valence-electron chi connectivity index (χ1n) is 11.8. The SMILES string of the molecule is Cc1ccc(NC(=O)c2cc(C(F)(F)F)ccn2)cc1C1=Cc2cnc(Nc3cnoc3)nc2N2CCN=C12. The summed E-state index contributed by atoms with van der Waals surface area (Å²) in [5.41, 5.74) is 3.05. The summed E-state index contributed by atoms with van der Waals surface area (Å²) in [5, 5.41) is 9.36. The molecule has 196 valence electrons. The molecule has 0 aliphatic carbocycles. The lowest BCUT2D eigenvalue weighted by Gasteiger charge is -2.28. The maximum atomic E-state index is 13.1. The summed E-state index contributed by atoms with van der Waals surface area (Å²) in [5.74, 6) is 1.05. The molecule has 2 aliphatic rings. The van der Waals surface area contributed by atoms with Gasteiger partial charge in [0.05, 0.1) is 18.3 Å². The van der Waals surface area contributed by atoms with Crippen molar-refractivity contribution in [1.82, 2.24) is 20.1 Å². The molecule has 0 saturated heterocycles. The fourth-order valence-corrected chi connectivity index (χ4v) is 4.37. The average molecular weight is 532 g/mol. The Morgan fingerprint density at radius 1 is 1.10 bits per heavy atom. The fourth-order valence-electron chi connectivity index (χ4n) is 4.37. The molecule has 0 fully saturated rings. The Kier molecular flexibility index (Phi) is 5.82. The van der Waals surface area contributed by atoms with Crippen molar-refractivity contribution < 1.29 is 22.5 Å². The third kappa shape index (κ3) is 4.69. The minimum atomic E-state index is -4.58. The zero-order chi connectivity index (χ0) is 27.1. The molecule has 5 heterocycles. The van der Waals surface area contributed by atoms with Gasteiger partial charge in [-0.3, -0.25) is 14.8 Å². The van der Waals surface area contributed by atoms with Gasteiger partial charge in [0.15, 0.2) is 0 Å². The topological polar surface area (TPSA) is 121 Å². The number of pyridine rings is 1. The first-order valence-corrected chi connectivity index (χ1v) is 11.8. The smallest absolute Gasteiger partial charge is 0.363 e. The Hall–Kier alpha value is -5.07. The van der Waals surface area contributed by atoms with Crippen LogP contribution in [0.2, 0.25) is 0 Å². The minimum absolute atomic E-state index is 0.336. The maximum Gasteiger partial charge on any atom is 0.416 e. The maximum absolute atomic E-state index is 13.1. The van der Waals surface area contributed by atoms with Crippen molar-refractivity contribution in [3.8, 4) is 0 Å². The lowest BCUT2D eigenvalue weighted by molar-refractivity contribution is -0.137. The van der Waals surface area contributed by atoms with Crippen LogP contribution in [0.15, 0.2) is 64.7 Å². The molecule has 13 heteroatoms. The number of nitrogens with zero attached hydrogens (tertiary/aromatic N) is 6. The van der Waals surface area contributed by atoms with Gasteiger partial charge in [-0.1, -0.05) is 11.2 Å².